The average Bonchev–Trinajstić information content (AvgIpc) is 2.92. The van der Waals surface area contributed by atoms with E-state index in [9.17, 15) is 9.90 Å². The highest BCUT2D eigenvalue weighted by molar-refractivity contribution is 5.78. The van der Waals surface area contributed by atoms with Gasteiger partial charge in [0.15, 0.2) is 0 Å². The molecular formula is C15H28N2O2. The minimum atomic E-state index is 0.191. The highest BCUT2D eigenvalue weighted by atomic mass is 16.3. The number of nitrogens with two attached hydrogens (primary N) is 1. The highest BCUT2D eigenvalue weighted by Gasteiger charge is 2.29. The van der Waals surface area contributed by atoms with Crippen LogP contribution in [0.5, 0.6) is 0 Å². The van der Waals surface area contributed by atoms with Crippen molar-refractivity contribution in [3.8, 4) is 0 Å². The van der Waals surface area contributed by atoms with Crippen LogP contribution < -0.4 is 11.1 Å². The minimum Gasteiger partial charge on any atom is -0.396 e. The van der Waals surface area contributed by atoms with Crippen LogP contribution in [0.2, 0.25) is 0 Å². The van der Waals surface area contributed by atoms with Gasteiger partial charge in [0, 0.05) is 19.1 Å². The molecule has 0 spiro atoms. The molecular weight excluding hydrogens is 240 g/mol. The summed E-state index contributed by atoms with van der Waals surface area (Å²) < 4.78 is 0. The Labute approximate surface area is 116 Å². The Balaban J connectivity index is 1.70. The second-order valence-corrected chi connectivity index (χ2v) is 6.33. The third-order valence-electron chi connectivity index (χ3n) is 5.14. The fourth-order valence-electron chi connectivity index (χ4n) is 3.66. The zero-order valence-corrected chi connectivity index (χ0v) is 11.8. The fourth-order valence-corrected chi connectivity index (χ4v) is 3.66. The van der Waals surface area contributed by atoms with E-state index in [1.807, 2.05) is 0 Å². The van der Waals surface area contributed by atoms with Crippen molar-refractivity contribution in [2.45, 2.75) is 44.9 Å². The Morgan fingerprint density at radius 3 is 2.42 bits per heavy atom. The van der Waals surface area contributed by atoms with Gasteiger partial charge in [-0.3, -0.25) is 4.79 Å². The number of rotatable bonds is 5. The van der Waals surface area contributed by atoms with Crippen molar-refractivity contribution in [1.82, 2.24) is 5.32 Å². The van der Waals surface area contributed by atoms with Gasteiger partial charge in [-0.05, 0) is 62.8 Å². The SMILES string of the molecule is NCC1CCC(C(=O)NCC2CCCC2CO)CC1. The Morgan fingerprint density at radius 1 is 1.11 bits per heavy atom. The molecule has 2 unspecified atom stereocenters. The summed E-state index contributed by atoms with van der Waals surface area (Å²) in [5.74, 6) is 1.91. The number of aliphatic hydroxyl groups excluding tert-OH is 1. The van der Waals surface area contributed by atoms with Gasteiger partial charge in [0.2, 0.25) is 5.91 Å². The molecule has 0 aromatic rings. The van der Waals surface area contributed by atoms with Gasteiger partial charge < -0.3 is 16.2 Å². The summed E-state index contributed by atoms with van der Waals surface area (Å²) in [6.45, 7) is 1.78. The summed E-state index contributed by atoms with van der Waals surface area (Å²) in [5, 5.41) is 12.4. The molecule has 4 heteroatoms. The van der Waals surface area contributed by atoms with Crippen molar-refractivity contribution in [1.29, 1.82) is 0 Å². The number of hydrogen-bond acceptors (Lipinski definition) is 3. The quantitative estimate of drug-likeness (QED) is 0.703. The summed E-state index contributed by atoms with van der Waals surface area (Å²) in [6, 6.07) is 0. The van der Waals surface area contributed by atoms with E-state index >= 15 is 0 Å². The lowest BCUT2D eigenvalue weighted by molar-refractivity contribution is -0.126. The Bertz CT molecular complexity index is 288. The second kappa shape index (κ2) is 7.25. The number of nitrogens with one attached hydrogen (secondary N) is 1. The molecule has 2 atom stereocenters. The molecule has 0 radical (unpaired) electrons. The van der Waals surface area contributed by atoms with Crippen molar-refractivity contribution >= 4 is 5.91 Å². The standard InChI is InChI=1S/C15H28N2O2/c16-8-11-4-6-12(7-5-11)15(19)17-9-13-2-1-3-14(13)10-18/h11-14,18H,1-10,16H2,(H,17,19). The first-order valence-corrected chi connectivity index (χ1v) is 7.83. The van der Waals surface area contributed by atoms with Crippen LogP contribution in [0.3, 0.4) is 0 Å². The maximum Gasteiger partial charge on any atom is 0.223 e. The molecule has 19 heavy (non-hydrogen) atoms. The number of carbonyl (C=O) groups excluding carboxylic acids is 1. The number of hydrogen-bond donors (Lipinski definition) is 3. The van der Waals surface area contributed by atoms with Crippen molar-refractivity contribution in [2.75, 3.05) is 19.7 Å². The van der Waals surface area contributed by atoms with Crippen LogP contribution in [-0.4, -0.2) is 30.7 Å². The molecule has 0 saturated heterocycles. The first kappa shape index (κ1) is 14.8. The van der Waals surface area contributed by atoms with E-state index in [4.69, 9.17) is 5.73 Å². The summed E-state index contributed by atoms with van der Waals surface area (Å²) in [6.07, 6.45) is 7.61. The molecule has 0 bridgehead atoms. The van der Waals surface area contributed by atoms with Gasteiger partial charge in [-0.1, -0.05) is 6.42 Å². The van der Waals surface area contributed by atoms with E-state index in [2.05, 4.69) is 5.32 Å². The van der Waals surface area contributed by atoms with Gasteiger partial charge in [-0.15, -0.1) is 0 Å². The van der Waals surface area contributed by atoms with E-state index in [1.54, 1.807) is 0 Å². The van der Waals surface area contributed by atoms with E-state index in [1.165, 1.54) is 6.42 Å². The molecule has 0 aromatic heterocycles. The molecule has 4 nitrogen and oxygen atoms in total. The van der Waals surface area contributed by atoms with Gasteiger partial charge >= 0.3 is 0 Å². The molecule has 0 aromatic carbocycles. The predicted molar refractivity (Wildman–Crippen MR) is 75.4 cm³/mol. The van der Waals surface area contributed by atoms with Gasteiger partial charge in [0.1, 0.15) is 0 Å². The van der Waals surface area contributed by atoms with Crippen LogP contribution in [-0.2, 0) is 4.79 Å². The van der Waals surface area contributed by atoms with E-state index in [-0.39, 0.29) is 18.4 Å². The Hall–Kier alpha value is -0.610. The van der Waals surface area contributed by atoms with Crippen LogP contribution >= 0.6 is 0 Å². The first-order valence-electron chi connectivity index (χ1n) is 7.83. The largest absolute Gasteiger partial charge is 0.396 e. The molecule has 2 aliphatic rings. The molecule has 2 fully saturated rings. The van der Waals surface area contributed by atoms with E-state index in [0.29, 0.717) is 17.8 Å². The summed E-state index contributed by atoms with van der Waals surface area (Å²) in [5.41, 5.74) is 5.67. The van der Waals surface area contributed by atoms with Crippen molar-refractivity contribution < 1.29 is 9.90 Å². The lowest BCUT2D eigenvalue weighted by Crippen LogP contribution is -2.37. The summed E-state index contributed by atoms with van der Waals surface area (Å²) in [4.78, 5) is 12.1. The number of carbonyl (C=O) groups is 1. The van der Waals surface area contributed by atoms with Crippen molar-refractivity contribution in [2.24, 2.45) is 29.4 Å². The van der Waals surface area contributed by atoms with Crippen LogP contribution in [0, 0.1) is 23.7 Å². The normalized spacial score (nSPS) is 35.3. The third-order valence-corrected chi connectivity index (χ3v) is 5.14. The Morgan fingerprint density at radius 2 is 1.79 bits per heavy atom. The van der Waals surface area contributed by atoms with Crippen LogP contribution in [0.1, 0.15) is 44.9 Å². The van der Waals surface area contributed by atoms with Crippen molar-refractivity contribution in [3.05, 3.63) is 0 Å². The van der Waals surface area contributed by atoms with E-state index < -0.39 is 0 Å². The number of amides is 1. The molecule has 1 amide bonds. The molecule has 2 saturated carbocycles. The Kier molecular flexibility index (Phi) is 5.64. The topological polar surface area (TPSA) is 75.4 Å². The van der Waals surface area contributed by atoms with Gasteiger partial charge in [-0.2, -0.15) is 0 Å². The van der Waals surface area contributed by atoms with Gasteiger partial charge in [-0.25, -0.2) is 0 Å². The molecule has 2 rings (SSSR count). The van der Waals surface area contributed by atoms with Crippen LogP contribution in [0.4, 0.5) is 0 Å². The fraction of sp³-hybridized carbons (Fsp3) is 0.933. The average molecular weight is 268 g/mol. The molecule has 110 valence electrons. The molecule has 0 aliphatic heterocycles. The second-order valence-electron chi connectivity index (χ2n) is 6.33. The molecule has 4 N–H and O–H groups in total. The van der Waals surface area contributed by atoms with Crippen LogP contribution in [0.15, 0.2) is 0 Å². The van der Waals surface area contributed by atoms with Gasteiger partial charge in [0.05, 0.1) is 0 Å². The summed E-state index contributed by atoms with van der Waals surface area (Å²) >= 11 is 0. The number of aliphatic hydroxyl groups is 1. The minimum absolute atomic E-state index is 0.191. The first-order chi connectivity index (χ1) is 9.24. The lowest BCUT2D eigenvalue weighted by Gasteiger charge is -2.27. The molecule has 2 aliphatic carbocycles. The van der Waals surface area contributed by atoms with Gasteiger partial charge in [0.25, 0.3) is 0 Å². The third kappa shape index (κ3) is 3.93. The van der Waals surface area contributed by atoms with Crippen LogP contribution in [0.25, 0.3) is 0 Å². The zero-order chi connectivity index (χ0) is 13.7. The van der Waals surface area contributed by atoms with Crippen molar-refractivity contribution in [3.63, 3.8) is 0 Å². The van der Waals surface area contributed by atoms with E-state index in [0.717, 1.165) is 51.6 Å². The zero-order valence-electron chi connectivity index (χ0n) is 11.8. The molecule has 0 heterocycles. The lowest BCUT2D eigenvalue weighted by atomic mass is 9.81. The monoisotopic (exact) mass is 268 g/mol. The summed E-state index contributed by atoms with van der Waals surface area (Å²) in [7, 11) is 0. The predicted octanol–water partition coefficient (Wildman–Crippen LogP) is 1.28. The highest BCUT2D eigenvalue weighted by Crippen LogP contribution is 2.31. The smallest absolute Gasteiger partial charge is 0.223 e. The maximum atomic E-state index is 12.1. The maximum absolute atomic E-state index is 12.1.